The van der Waals surface area contributed by atoms with Crippen molar-refractivity contribution in [2.75, 3.05) is 31.5 Å². The van der Waals surface area contributed by atoms with Crippen molar-refractivity contribution in [3.63, 3.8) is 0 Å². The molecule has 0 aliphatic carbocycles. The third kappa shape index (κ3) is 4.37. The molecule has 1 aromatic carbocycles. The lowest BCUT2D eigenvalue weighted by Crippen LogP contribution is -2.39. The molecule has 5 nitrogen and oxygen atoms in total. The molecule has 0 atom stereocenters. The minimum Gasteiger partial charge on any atom is -0.347 e. The van der Waals surface area contributed by atoms with Crippen LogP contribution in [0.5, 0.6) is 0 Å². The first-order valence-electron chi connectivity index (χ1n) is 6.53. The number of nitrogens with zero attached hydrogens (tertiary/aromatic N) is 1. The molecule has 101 valence electrons. The molecule has 0 aromatic heterocycles. The first-order valence-corrected chi connectivity index (χ1v) is 6.53. The number of nitrogens with one attached hydrogen (secondary N) is 2. The van der Waals surface area contributed by atoms with Gasteiger partial charge < -0.3 is 15.5 Å². The summed E-state index contributed by atoms with van der Waals surface area (Å²) in [6.45, 7) is 3.49. The van der Waals surface area contributed by atoms with E-state index >= 15 is 0 Å². The summed E-state index contributed by atoms with van der Waals surface area (Å²) in [6, 6.07) is 9.59. The summed E-state index contributed by atoms with van der Waals surface area (Å²) in [5, 5.41) is 5.16. The molecule has 1 heterocycles. The smallest absolute Gasteiger partial charge is 0.313 e. The molecule has 1 aliphatic rings. The Labute approximate surface area is 113 Å². The van der Waals surface area contributed by atoms with Gasteiger partial charge in [0.2, 0.25) is 0 Å². The SMILES string of the molecule is O=C(NCCN1CCCC1)C(=O)Nc1cc[c]cc1. The quantitative estimate of drug-likeness (QED) is 0.781. The van der Waals surface area contributed by atoms with Gasteiger partial charge in [-0.05, 0) is 44.1 Å². The second kappa shape index (κ2) is 6.89. The van der Waals surface area contributed by atoms with Crippen LogP contribution >= 0.6 is 0 Å². The molecule has 2 rings (SSSR count). The van der Waals surface area contributed by atoms with E-state index in [4.69, 9.17) is 0 Å². The van der Waals surface area contributed by atoms with Crippen molar-refractivity contribution in [3.8, 4) is 0 Å². The van der Waals surface area contributed by atoms with Crippen LogP contribution in [0.3, 0.4) is 0 Å². The molecule has 0 saturated carbocycles. The maximum Gasteiger partial charge on any atom is 0.313 e. The number of carbonyl (C=O) groups is 2. The average molecular weight is 260 g/mol. The number of likely N-dealkylation sites (tertiary alicyclic amines) is 1. The lowest BCUT2D eigenvalue weighted by Gasteiger charge is -2.14. The van der Waals surface area contributed by atoms with Crippen molar-refractivity contribution in [3.05, 3.63) is 30.3 Å². The van der Waals surface area contributed by atoms with Gasteiger partial charge in [0.15, 0.2) is 0 Å². The fourth-order valence-corrected chi connectivity index (χ4v) is 2.07. The number of amides is 2. The highest BCUT2D eigenvalue weighted by molar-refractivity contribution is 6.39. The van der Waals surface area contributed by atoms with Crippen LogP contribution in [0.4, 0.5) is 5.69 Å². The third-order valence-electron chi connectivity index (χ3n) is 3.09. The molecule has 1 saturated heterocycles. The van der Waals surface area contributed by atoms with Crippen molar-refractivity contribution >= 4 is 17.5 Å². The van der Waals surface area contributed by atoms with Crippen molar-refractivity contribution in [1.29, 1.82) is 0 Å². The molecule has 19 heavy (non-hydrogen) atoms. The topological polar surface area (TPSA) is 61.4 Å². The summed E-state index contributed by atoms with van der Waals surface area (Å²) in [5.74, 6) is -1.22. The fraction of sp³-hybridized carbons (Fsp3) is 0.429. The van der Waals surface area contributed by atoms with Gasteiger partial charge in [-0.15, -0.1) is 0 Å². The first kappa shape index (κ1) is 13.5. The van der Waals surface area contributed by atoms with Gasteiger partial charge in [-0.25, -0.2) is 0 Å². The molecule has 1 radical (unpaired) electrons. The number of anilines is 1. The van der Waals surface area contributed by atoms with Gasteiger partial charge in [0.1, 0.15) is 0 Å². The predicted octanol–water partition coefficient (Wildman–Crippen LogP) is 0.637. The highest BCUT2D eigenvalue weighted by Gasteiger charge is 2.15. The van der Waals surface area contributed by atoms with E-state index in [0.29, 0.717) is 12.2 Å². The summed E-state index contributed by atoms with van der Waals surface area (Å²) in [7, 11) is 0. The Morgan fingerprint density at radius 2 is 1.84 bits per heavy atom. The Balaban J connectivity index is 1.69. The van der Waals surface area contributed by atoms with E-state index in [1.54, 1.807) is 24.3 Å². The van der Waals surface area contributed by atoms with Crippen LogP contribution in [0.25, 0.3) is 0 Å². The molecule has 0 bridgehead atoms. The lowest BCUT2D eigenvalue weighted by molar-refractivity contribution is -0.136. The zero-order valence-corrected chi connectivity index (χ0v) is 10.8. The van der Waals surface area contributed by atoms with Gasteiger partial charge in [0, 0.05) is 18.8 Å². The van der Waals surface area contributed by atoms with Gasteiger partial charge >= 0.3 is 11.8 Å². The number of benzene rings is 1. The molecular weight excluding hydrogens is 242 g/mol. The van der Waals surface area contributed by atoms with E-state index in [9.17, 15) is 9.59 Å². The van der Waals surface area contributed by atoms with E-state index in [0.717, 1.165) is 19.6 Å². The van der Waals surface area contributed by atoms with Crippen molar-refractivity contribution in [1.82, 2.24) is 10.2 Å². The van der Waals surface area contributed by atoms with Crippen LogP contribution in [0.1, 0.15) is 12.8 Å². The Hall–Kier alpha value is -1.88. The van der Waals surface area contributed by atoms with Gasteiger partial charge in [0.25, 0.3) is 0 Å². The molecule has 1 fully saturated rings. The number of hydrogen-bond acceptors (Lipinski definition) is 3. The second-order valence-electron chi connectivity index (χ2n) is 4.55. The van der Waals surface area contributed by atoms with Crippen LogP contribution < -0.4 is 10.6 Å². The lowest BCUT2D eigenvalue weighted by atomic mass is 10.3. The fourth-order valence-electron chi connectivity index (χ4n) is 2.07. The number of hydrogen-bond donors (Lipinski definition) is 2. The van der Waals surface area contributed by atoms with Gasteiger partial charge in [-0.1, -0.05) is 12.1 Å². The predicted molar refractivity (Wildman–Crippen MR) is 72.6 cm³/mol. The van der Waals surface area contributed by atoms with Crippen molar-refractivity contribution in [2.45, 2.75) is 12.8 Å². The van der Waals surface area contributed by atoms with E-state index in [2.05, 4.69) is 21.6 Å². The summed E-state index contributed by atoms with van der Waals surface area (Å²) in [4.78, 5) is 25.4. The Morgan fingerprint density at radius 1 is 1.16 bits per heavy atom. The Kier molecular flexibility index (Phi) is 4.92. The third-order valence-corrected chi connectivity index (χ3v) is 3.09. The maximum atomic E-state index is 11.6. The van der Waals surface area contributed by atoms with Crippen molar-refractivity contribution in [2.24, 2.45) is 0 Å². The standard InChI is InChI=1S/C14H18N3O2/c18-13(15-8-11-17-9-4-5-10-17)14(19)16-12-6-2-1-3-7-12/h2-3,6-7H,4-5,8-11H2,(H,15,18)(H,16,19). The summed E-state index contributed by atoms with van der Waals surface area (Å²) in [6.07, 6.45) is 2.44. The van der Waals surface area contributed by atoms with Crippen molar-refractivity contribution < 1.29 is 9.59 Å². The molecule has 2 amide bonds. The van der Waals surface area contributed by atoms with E-state index in [1.165, 1.54) is 12.8 Å². The highest BCUT2D eigenvalue weighted by Crippen LogP contribution is 2.05. The van der Waals surface area contributed by atoms with Gasteiger partial charge in [0.05, 0.1) is 0 Å². The molecule has 1 aliphatic heterocycles. The Morgan fingerprint density at radius 3 is 2.53 bits per heavy atom. The zero-order chi connectivity index (χ0) is 13.5. The Bertz CT molecular complexity index is 428. The maximum absolute atomic E-state index is 11.6. The van der Waals surface area contributed by atoms with Crippen LogP contribution in [-0.2, 0) is 9.59 Å². The second-order valence-corrected chi connectivity index (χ2v) is 4.55. The normalized spacial score (nSPS) is 15.2. The van der Waals surface area contributed by atoms with Crippen LogP contribution in [0, 0.1) is 6.07 Å². The summed E-state index contributed by atoms with van der Waals surface area (Å²) in [5.41, 5.74) is 0.596. The molecular formula is C14H18N3O2. The van der Waals surface area contributed by atoms with Gasteiger partial charge in [-0.3, -0.25) is 9.59 Å². The molecule has 2 N–H and O–H groups in total. The highest BCUT2D eigenvalue weighted by atomic mass is 16.2. The van der Waals surface area contributed by atoms with E-state index in [-0.39, 0.29) is 0 Å². The minimum atomic E-state index is -0.632. The zero-order valence-electron chi connectivity index (χ0n) is 10.8. The summed E-state index contributed by atoms with van der Waals surface area (Å²) < 4.78 is 0. The van der Waals surface area contributed by atoms with Crippen LogP contribution in [-0.4, -0.2) is 42.9 Å². The van der Waals surface area contributed by atoms with Crippen LogP contribution in [0.2, 0.25) is 0 Å². The molecule has 1 aromatic rings. The number of rotatable bonds is 4. The minimum absolute atomic E-state index is 0.509. The van der Waals surface area contributed by atoms with Gasteiger partial charge in [-0.2, -0.15) is 0 Å². The van der Waals surface area contributed by atoms with Crippen LogP contribution in [0.15, 0.2) is 24.3 Å². The molecule has 5 heteroatoms. The van der Waals surface area contributed by atoms with E-state index in [1.807, 2.05) is 0 Å². The largest absolute Gasteiger partial charge is 0.347 e. The monoisotopic (exact) mass is 260 g/mol. The first-order chi connectivity index (χ1) is 9.25. The number of carbonyl (C=O) groups excluding carboxylic acids is 2. The molecule has 0 spiro atoms. The average Bonchev–Trinajstić information content (AvgIpc) is 2.93. The summed E-state index contributed by atoms with van der Waals surface area (Å²) >= 11 is 0. The van der Waals surface area contributed by atoms with E-state index < -0.39 is 11.8 Å². The molecule has 0 unspecified atom stereocenters.